The molecule has 0 saturated heterocycles. The van der Waals surface area contributed by atoms with Gasteiger partial charge in [-0.3, -0.25) is 4.90 Å². The molecular formula is C17H24BrN3OS2. The van der Waals surface area contributed by atoms with E-state index in [0.717, 1.165) is 21.8 Å². The van der Waals surface area contributed by atoms with Crippen molar-refractivity contribution in [2.45, 2.75) is 26.4 Å². The third-order valence-electron chi connectivity index (χ3n) is 4.00. The van der Waals surface area contributed by atoms with E-state index in [4.69, 9.17) is 0 Å². The Hall–Kier alpha value is -0.890. The minimum absolute atomic E-state index is 0.0353. The summed E-state index contributed by atoms with van der Waals surface area (Å²) in [4.78, 5) is 17.7. The van der Waals surface area contributed by atoms with Crippen molar-refractivity contribution in [3.63, 3.8) is 0 Å². The van der Waals surface area contributed by atoms with Gasteiger partial charge in [-0.05, 0) is 63.5 Å². The van der Waals surface area contributed by atoms with Gasteiger partial charge in [-0.1, -0.05) is 13.8 Å². The maximum Gasteiger partial charge on any atom is 0.317 e. The molecule has 132 valence electrons. The SMILES string of the molecule is CCN(CC)C(CNC(=O)N(C)Cc1ccc(Br)s1)c1ccsc1. The smallest absolute Gasteiger partial charge is 0.317 e. The maximum absolute atomic E-state index is 12.4. The minimum atomic E-state index is -0.0353. The topological polar surface area (TPSA) is 35.6 Å². The van der Waals surface area contributed by atoms with E-state index in [1.54, 1.807) is 27.6 Å². The van der Waals surface area contributed by atoms with Gasteiger partial charge in [-0.25, -0.2) is 4.79 Å². The van der Waals surface area contributed by atoms with Crippen LogP contribution in [0.3, 0.4) is 0 Å². The number of hydrogen-bond acceptors (Lipinski definition) is 4. The summed E-state index contributed by atoms with van der Waals surface area (Å²) in [6.07, 6.45) is 0. The summed E-state index contributed by atoms with van der Waals surface area (Å²) in [6, 6.07) is 6.39. The van der Waals surface area contributed by atoms with E-state index in [-0.39, 0.29) is 12.1 Å². The Morgan fingerprint density at radius 2 is 2.04 bits per heavy atom. The number of hydrogen-bond donors (Lipinski definition) is 1. The van der Waals surface area contributed by atoms with E-state index in [9.17, 15) is 4.79 Å². The summed E-state index contributed by atoms with van der Waals surface area (Å²) in [5.74, 6) is 0. The number of nitrogens with zero attached hydrogens (tertiary/aromatic N) is 2. The summed E-state index contributed by atoms with van der Waals surface area (Å²) in [7, 11) is 1.83. The Bertz CT molecular complexity index is 626. The summed E-state index contributed by atoms with van der Waals surface area (Å²) in [5.41, 5.74) is 1.27. The zero-order valence-electron chi connectivity index (χ0n) is 14.3. The molecule has 2 rings (SSSR count). The molecule has 2 heterocycles. The molecule has 2 aromatic rings. The second-order valence-corrected chi connectivity index (χ2v) is 8.87. The molecule has 1 unspecified atom stereocenters. The zero-order valence-corrected chi connectivity index (χ0v) is 17.5. The van der Waals surface area contributed by atoms with Crippen molar-refractivity contribution in [2.75, 3.05) is 26.7 Å². The maximum atomic E-state index is 12.4. The molecule has 7 heteroatoms. The molecule has 0 radical (unpaired) electrons. The van der Waals surface area contributed by atoms with Crippen LogP contribution in [0.2, 0.25) is 0 Å². The van der Waals surface area contributed by atoms with E-state index in [1.165, 1.54) is 5.56 Å². The van der Waals surface area contributed by atoms with Crippen molar-refractivity contribution in [3.8, 4) is 0 Å². The highest BCUT2D eigenvalue weighted by atomic mass is 79.9. The van der Waals surface area contributed by atoms with Crippen LogP contribution in [0.1, 0.15) is 30.3 Å². The molecule has 0 aromatic carbocycles. The van der Waals surface area contributed by atoms with Gasteiger partial charge in [0.15, 0.2) is 0 Å². The van der Waals surface area contributed by atoms with E-state index < -0.39 is 0 Å². The summed E-state index contributed by atoms with van der Waals surface area (Å²) < 4.78 is 1.09. The first-order valence-corrected chi connectivity index (χ1v) is 10.6. The number of carbonyl (C=O) groups excluding carboxylic acids is 1. The van der Waals surface area contributed by atoms with Crippen molar-refractivity contribution in [1.29, 1.82) is 0 Å². The first kappa shape index (κ1) is 19.4. The minimum Gasteiger partial charge on any atom is -0.336 e. The van der Waals surface area contributed by atoms with Crippen LogP contribution in [-0.2, 0) is 6.54 Å². The molecule has 0 spiro atoms. The number of likely N-dealkylation sites (N-methyl/N-ethyl adjacent to an activating group) is 1. The lowest BCUT2D eigenvalue weighted by Crippen LogP contribution is -2.42. The van der Waals surface area contributed by atoms with Crippen LogP contribution in [0.5, 0.6) is 0 Å². The van der Waals surface area contributed by atoms with Crippen LogP contribution in [0.15, 0.2) is 32.7 Å². The predicted molar refractivity (Wildman–Crippen MR) is 107 cm³/mol. The fraction of sp³-hybridized carbons (Fsp3) is 0.471. The molecule has 0 aliphatic rings. The highest BCUT2D eigenvalue weighted by Gasteiger charge is 2.20. The Kier molecular flexibility index (Phi) is 7.74. The third kappa shape index (κ3) is 5.31. The second-order valence-electron chi connectivity index (χ2n) is 5.54. The molecule has 0 fully saturated rings. The van der Waals surface area contributed by atoms with Gasteiger partial charge in [-0.2, -0.15) is 11.3 Å². The van der Waals surface area contributed by atoms with Gasteiger partial charge >= 0.3 is 6.03 Å². The van der Waals surface area contributed by atoms with E-state index in [0.29, 0.717) is 13.1 Å². The van der Waals surface area contributed by atoms with Crippen molar-refractivity contribution in [2.24, 2.45) is 0 Å². The van der Waals surface area contributed by atoms with Crippen molar-refractivity contribution >= 4 is 44.6 Å². The molecule has 4 nitrogen and oxygen atoms in total. The molecule has 2 aromatic heterocycles. The quantitative estimate of drug-likeness (QED) is 0.653. The van der Waals surface area contributed by atoms with Crippen molar-refractivity contribution in [1.82, 2.24) is 15.1 Å². The highest BCUT2D eigenvalue weighted by molar-refractivity contribution is 9.11. The van der Waals surface area contributed by atoms with Crippen LogP contribution >= 0.6 is 38.6 Å². The fourth-order valence-corrected chi connectivity index (χ4v) is 4.89. The van der Waals surface area contributed by atoms with Gasteiger partial charge in [0.25, 0.3) is 0 Å². The van der Waals surface area contributed by atoms with Crippen LogP contribution in [0.25, 0.3) is 0 Å². The number of thiophene rings is 2. The fourth-order valence-electron chi connectivity index (χ4n) is 2.65. The van der Waals surface area contributed by atoms with E-state index in [2.05, 4.69) is 56.8 Å². The molecule has 2 amide bonds. The van der Waals surface area contributed by atoms with Crippen LogP contribution in [-0.4, -0.2) is 42.5 Å². The molecule has 0 aliphatic heterocycles. The number of amides is 2. The Morgan fingerprint density at radius 3 is 2.58 bits per heavy atom. The summed E-state index contributed by atoms with van der Waals surface area (Å²) >= 11 is 6.81. The van der Waals surface area contributed by atoms with Crippen molar-refractivity contribution < 1.29 is 4.79 Å². The number of rotatable bonds is 8. The van der Waals surface area contributed by atoms with Crippen LogP contribution in [0.4, 0.5) is 4.79 Å². The molecule has 24 heavy (non-hydrogen) atoms. The summed E-state index contributed by atoms with van der Waals surface area (Å²) in [5, 5.41) is 7.35. The zero-order chi connectivity index (χ0) is 17.5. The van der Waals surface area contributed by atoms with E-state index in [1.807, 2.05) is 19.2 Å². The monoisotopic (exact) mass is 429 g/mol. The number of carbonyl (C=O) groups is 1. The predicted octanol–water partition coefficient (Wildman–Crippen LogP) is 4.80. The molecule has 1 atom stereocenters. The van der Waals surface area contributed by atoms with Gasteiger partial charge in [0.05, 0.1) is 16.4 Å². The van der Waals surface area contributed by atoms with Gasteiger partial charge in [0.1, 0.15) is 0 Å². The third-order valence-corrected chi connectivity index (χ3v) is 6.31. The van der Waals surface area contributed by atoms with Gasteiger partial charge in [-0.15, -0.1) is 11.3 Å². The van der Waals surface area contributed by atoms with Crippen LogP contribution < -0.4 is 5.32 Å². The lowest BCUT2D eigenvalue weighted by Gasteiger charge is -2.30. The van der Waals surface area contributed by atoms with E-state index >= 15 is 0 Å². The molecule has 0 aliphatic carbocycles. The number of halogens is 1. The largest absolute Gasteiger partial charge is 0.336 e. The average molecular weight is 430 g/mol. The normalized spacial score (nSPS) is 12.4. The number of urea groups is 1. The molecule has 1 N–H and O–H groups in total. The Labute approximate surface area is 160 Å². The second kappa shape index (κ2) is 9.56. The molecule has 0 saturated carbocycles. The lowest BCUT2D eigenvalue weighted by atomic mass is 10.1. The average Bonchev–Trinajstić information content (AvgIpc) is 3.23. The Balaban J connectivity index is 1.93. The van der Waals surface area contributed by atoms with Crippen LogP contribution in [0, 0.1) is 0 Å². The van der Waals surface area contributed by atoms with Gasteiger partial charge in [0, 0.05) is 18.5 Å². The van der Waals surface area contributed by atoms with Gasteiger partial charge in [0.2, 0.25) is 0 Å². The van der Waals surface area contributed by atoms with Crippen molar-refractivity contribution in [3.05, 3.63) is 43.2 Å². The highest BCUT2D eigenvalue weighted by Crippen LogP contribution is 2.24. The molecule has 0 bridgehead atoms. The number of nitrogens with one attached hydrogen (secondary N) is 1. The Morgan fingerprint density at radius 1 is 1.29 bits per heavy atom. The lowest BCUT2D eigenvalue weighted by molar-refractivity contribution is 0.189. The first-order valence-electron chi connectivity index (χ1n) is 8.04. The summed E-state index contributed by atoms with van der Waals surface area (Å²) in [6.45, 7) is 7.49. The van der Waals surface area contributed by atoms with Gasteiger partial charge < -0.3 is 10.2 Å². The first-order chi connectivity index (χ1) is 11.5. The standard InChI is InChI=1S/C17H24BrN3OS2/c1-4-21(5-2)15(13-8-9-23-12-13)10-19-17(22)20(3)11-14-6-7-16(18)24-14/h6-9,12,15H,4-5,10-11H2,1-3H3,(H,19,22). The molecular weight excluding hydrogens is 406 g/mol.